The minimum Gasteiger partial charge on any atom is -0.379 e. The second-order valence-corrected chi connectivity index (χ2v) is 11.1. The Labute approximate surface area is 244 Å². The Morgan fingerprint density at radius 1 is 0.805 bits per heavy atom. The topological polar surface area (TPSA) is 171 Å². The van der Waals surface area contributed by atoms with Gasteiger partial charge in [0.15, 0.2) is 0 Å². The summed E-state index contributed by atoms with van der Waals surface area (Å²) in [6.07, 6.45) is 3.87. The lowest BCUT2D eigenvalue weighted by molar-refractivity contribution is -0.197. The van der Waals surface area contributed by atoms with Gasteiger partial charge in [-0.05, 0) is 19.3 Å². The highest BCUT2D eigenvalue weighted by Crippen LogP contribution is 2.33. The largest absolute Gasteiger partial charge is 0.379 e. The van der Waals surface area contributed by atoms with Gasteiger partial charge in [0.2, 0.25) is 5.91 Å². The second kappa shape index (κ2) is 18.9. The molecule has 14 nitrogen and oxygen atoms in total. The van der Waals surface area contributed by atoms with E-state index in [-0.39, 0.29) is 43.3 Å². The fraction of sp³-hybridized carbons (Fsp3) is 0.808. The molecule has 3 saturated heterocycles. The molecule has 3 unspecified atom stereocenters. The normalized spacial score (nSPS) is 21.6. The molecule has 3 atom stereocenters. The van der Waals surface area contributed by atoms with Gasteiger partial charge in [-0.2, -0.15) is 11.8 Å². The highest BCUT2D eigenvalue weighted by molar-refractivity contribution is 8.00. The van der Waals surface area contributed by atoms with Gasteiger partial charge in [0.1, 0.15) is 0 Å². The molecular weight excluding hydrogens is 560 g/mol. The lowest BCUT2D eigenvalue weighted by Gasteiger charge is -2.16. The van der Waals surface area contributed by atoms with Gasteiger partial charge < -0.3 is 39.7 Å². The third-order valence-corrected chi connectivity index (χ3v) is 8.14. The maximum Gasteiger partial charge on any atom is 0.333 e. The van der Waals surface area contributed by atoms with E-state index in [9.17, 15) is 24.0 Å². The monoisotopic (exact) mass is 602 g/mol. The smallest absolute Gasteiger partial charge is 0.333 e. The summed E-state index contributed by atoms with van der Waals surface area (Å²) in [5.41, 5.74) is 0. The predicted octanol–water partition coefficient (Wildman–Crippen LogP) is 0.282. The Morgan fingerprint density at radius 2 is 1.44 bits per heavy atom. The number of carbonyl (C=O) groups is 5. The zero-order valence-electron chi connectivity index (χ0n) is 23.4. The van der Waals surface area contributed by atoms with Gasteiger partial charge in [0.05, 0.1) is 64.8 Å². The molecule has 3 rings (SSSR count). The average molecular weight is 603 g/mol. The van der Waals surface area contributed by atoms with E-state index in [0.29, 0.717) is 82.6 Å². The molecule has 5 amide bonds. The van der Waals surface area contributed by atoms with E-state index in [4.69, 9.17) is 23.8 Å². The summed E-state index contributed by atoms with van der Waals surface area (Å²) in [6, 6.07) is 0.378. The number of nitrogens with one attached hydrogen (secondary N) is 3. The van der Waals surface area contributed by atoms with Crippen LogP contribution in [-0.2, 0) is 43.0 Å². The highest BCUT2D eigenvalue weighted by atomic mass is 32.2. The number of rotatable bonds is 22. The first kappa shape index (κ1) is 33.0. The lowest BCUT2D eigenvalue weighted by Crippen LogP contribution is -2.36. The van der Waals surface area contributed by atoms with Crippen LogP contribution in [0.1, 0.15) is 51.4 Å². The van der Waals surface area contributed by atoms with Crippen LogP contribution in [0.5, 0.6) is 0 Å². The first-order valence-electron chi connectivity index (χ1n) is 14.3. The molecule has 0 aromatic carbocycles. The number of unbranched alkanes of at least 4 members (excludes halogenated alkanes) is 1. The SMILES string of the molecule is O=C(CCCCC1SCC2NC(=O)NC21)NCCOCCOCCOCCOCCCC(=O)ON1C(=O)CCC1=O. The summed E-state index contributed by atoms with van der Waals surface area (Å²) in [4.78, 5) is 62.6. The molecule has 0 saturated carbocycles. The van der Waals surface area contributed by atoms with Crippen LogP contribution in [0.25, 0.3) is 0 Å². The van der Waals surface area contributed by atoms with Crippen molar-refractivity contribution in [1.82, 2.24) is 21.0 Å². The predicted molar refractivity (Wildman–Crippen MR) is 147 cm³/mol. The third-order valence-electron chi connectivity index (χ3n) is 6.63. The molecule has 0 aromatic rings. The Kier molecular flexibility index (Phi) is 15.2. The van der Waals surface area contributed by atoms with E-state index in [1.807, 2.05) is 11.8 Å². The van der Waals surface area contributed by atoms with Gasteiger partial charge in [0.25, 0.3) is 11.8 Å². The van der Waals surface area contributed by atoms with Crippen molar-refractivity contribution < 1.29 is 47.8 Å². The number of hydrogen-bond acceptors (Lipinski definition) is 11. The van der Waals surface area contributed by atoms with E-state index in [2.05, 4.69) is 16.0 Å². The van der Waals surface area contributed by atoms with Gasteiger partial charge in [0, 0.05) is 43.4 Å². The lowest BCUT2D eigenvalue weighted by atomic mass is 10.0. The number of hydroxylamine groups is 2. The minimum atomic E-state index is -0.640. The van der Waals surface area contributed by atoms with E-state index >= 15 is 0 Å². The van der Waals surface area contributed by atoms with Crippen LogP contribution >= 0.6 is 11.8 Å². The van der Waals surface area contributed by atoms with E-state index in [1.54, 1.807) is 0 Å². The standard InChI is InChI=1S/C26H42N4O10S/c31-21(5-2-1-4-20-25-19(18-41-20)28-26(35)29-25)27-9-11-37-13-15-39-17-16-38-14-12-36-10-3-6-24(34)40-30-22(32)7-8-23(30)33/h19-20,25H,1-18H2,(H,27,31)(H2,28,29,35). The summed E-state index contributed by atoms with van der Waals surface area (Å²) in [7, 11) is 0. The summed E-state index contributed by atoms with van der Waals surface area (Å²) < 4.78 is 21.7. The van der Waals surface area contributed by atoms with Crippen molar-refractivity contribution in [3.8, 4) is 0 Å². The van der Waals surface area contributed by atoms with Crippen molar-refractivity contribution >= 4 is 41.5 Å². The number of imide groups is 1. The number of ether oxygens (including phenoxy) is 4. The fourth-order valence-electron chi connectivity index (χ4n) is 4.51. The van der Waals surface area contributed by atoms with Crippen molar-refractivity contribution in [3.05, 3.63) is 0 Å². The maximum absolute atomic E-state index is 12.0. The number of nitrogens with zero attached hydrogens (tertiary/aromatic N) is 1. The quantitative estimate of drug-likeness (QED) is 0.0883. The van der Waals surface area contributed by atoms with Crippen LogP contribution in [0.3, 0.4) is 0 Å². The maximum atomic E-state index is 12.0. The number of urea groups is 1. The van der Waals surface area contributed by atoms with Crippen LogP contribution in [0, 0.1) is 0 Å². The molecule has 0 radical (unpaired) electrons. The molecule has 0 spiro atoms. The molecular formula is C26H42N4O10S. The molecule has 3 heterocycles. The zero-order valence-corrected chi connectivity index (χ0v) is 24.2. The Morgan fingerprint density at radius 3 is 2.12 bits per heavy atom. The number of thioether (sulfide) groups is 1. The Bertz CT molecular complexity index is 863. The van der Waals surface area contributed by atoms with Crippen molar-refractivity contribution in [2.75, 3.05) is 65.2 Å². The Balaban J connectivity index is 0.995. The summed E-state index contributed by atoms with van der Waals surface area (Å²) in [5.74, 6) is -0.659. The molecule has 3 N–H and O–H groups in total. The van der Waals surface area contributed by atoms with Gasteiger partial charge in [-0.25, -0.2) is 9.59 Å². The molecule has 3 fully saturated rings. The van der Waals surface area contributed by atoms with Gasteiger partial charge in [-0.1, -0.05) is 6.42 Å². The molecule has 15 heteroatoms. The molecule has 232 valence electrons. The van der Waals surface area contributed by atoms with E-state index in [1.165, 1.54) is 0 Å². The van der Waals surface area contributed by atoms with Crippen LogP contribution in [0.2, 0.25) is 0 Å². The van der Waals surface area contributed by atoms with Crippen molar-refractivity contribution in [1.29, 1.82) is 0 Å². The van der Waals surface area contributed by atoms with Crippen molar-refractivity contribution in [2.45, 2.75) is 68.7 Å². The highest BCUT2D eigenvalue weighted by Gasteiger charge is 2.42. The van der Waals surface area contributed by atoms with Crippen LogP contribution in [0.15, 0.2) is 0 Å². The zero-order chi connectivity index (χ0) is 29.3. The fourth-order valence-corrected chi connectivity index (χ4v) is 6.05. The minimum absolute atomic E-state index is 0.0224. The first-order chi connectivity index (χ1) is 19.9. The number of carbonyl (C=O) groups excluding carboxylic acids is 5. The van der Waals surface area contributed by atoms with E-state index < -0.39 is 17.8 Å². The molecule has 3 aliphatic rings. The molecule has 3 aliphatic heterocycles. The summed E-state index contributed by atoms with van der Waals surface area (Å²) in [5, 5.41) is 9.75. The number of amides is 5. The molecule has 0 aromatic heterocycles. The van der Waals surface area contributed by atoms with Crippen molar-refractivity contribution in [2.24, 2.45) is 0 Å². The number of fused-ring (bicyclic) bond motifs is 1. The van der Waals surface area contributed by atoms with E-state index in [0.717, 1.165) is 25.0 Å². The van der Waals surface area contributed by atoms with Crippen LogP contribution in [-0.4, -0.2) is 117 Å². The summed E-state index contributed by atoms with van der Waals surface area (Å²) >= 11 is 1.89. The third kappa shape index (κ3) is 12.5. The summed E-state index contributed by atoms with van der Waals surface area (Å²) in [6.45, 7) is 3.64. The molecule has 0 aliphatic carbocycles. The van der Waals surface area contributed by atoms with Gasteiger partial charge >= 0.3 is 12.0 Å². The van der Waals surface area contributed by atoms with Crippen LogP contribution in [0.4, 0.5) is 4.79 Å². The van der Waals surface area contributed by atoms with Crippen molar-refractivity contribution in [3.63, 3.8) is 0 Å². The average Bonchev–Trinajstić information content (AvgIpc) is 3.60. The first-order valence-corrected chi connectivity index (χ1v) is 15.3. The van der Waals surface area contributed by atoms with Gasteiger partial charge in [-0.15, -0.1) is 5.06 Å². The second-order valence-electron chi connectivity index (χ2n) is 9.82. The Hall–Kier alpha value is -2.46. The number of hydrogen-bond donors (Lipinski definition) is 3. The van der Waals surface area contributed by atoms with Gasteiger partial charge in [-0.3, -0.25) is 14.4 Å². The molecule has 0 bridgehead atoms. The van der Waals surface area contributed by atoms with Crippen LogP contribution < -0.4 is 16.0 Å². The molecule has 41 heavy (non-hydrogen) atoms.